The Morgan fingerprint density at radius 2 is 1.44 bits per heavy atom. The molecule has 1 aliphatic carbocycles. The smallest absolute Gasteiger partial charge is 0.326 e. The van der Waals surface area contributed by atoms with Crippen molar-refractivity contribution in [3.8, 4) is 0 Å². The molecule has 0 saturated heterocycles. The summed E-state index contributed by atoms with van der Waals surface area (Å²) < 4.78 is 79.1. The van der Waals surface area contributed by atoms with Crippen molar-refractivity contribution in [3.05, 3.63) is 98.3 Å². The lowest BCUT2D eigenvalue weighted by Crippen LogP contribution is -2.25. The van der Waals surface area contributed by atoms with Crippen LogP contribution in [0.15, 0.2) is 48.5 Å². The first-order valence-electron chi connectivity index (χ1n) is 11.5. The van der Waals surface area contributed by atoms with Crippen LogP contribution in [-0.4, -0.2) is 28.0 Å². The lowest BCUT2D eigenvalue weighted by Gasteiger charge is -2.11. The van der Waals surface area contributed by atoms with Gasteiger partial charge in [-0.15, -0.1) is 23.2 Å². The van der Waals surface area contributed by atoms with E-state index in [1.54, 1.807) is 6.07 Å². The van der Waals surface area contributed by atoms with Crippen LogP contribution in [0.25, 0.3) is 0 Å². The van der Waals surface area contributed by atoms with Crippen LogP contribution in [0.3, 0.4) is 0 Å². The van der Waals surface area contributed by atoms with Crippen LogP contribution in [0.5, 0.6) is 0 Å². The second-order valence-electron chi connectivity index (χ2n) is 9.22. The van der Waals surface area contributed by atoms with E-state index in [1.807, 2.05) is 0 Å². The second kappa shape index (κ2) is 11.5. The molecule has 1 saturated carbocycles. The van der Waals surface area contributed by atoms with Gasteiger partial charge in [0, 0.05) is 30.5 Å². The molecular weight excluding hydrogens is 642 g/mol. The number of Topliss-reactive ketones (excluding diaryl/α,β-unsaturated/α-hetero) is 2. The number of amides is 1. The van der Waals surface area contributed by atoms with Gasteiger partial charge in [0.1, 0.15) is 21.8 Å². The Kier molecular flexibility index (Phi) is 8.72. The van der Waals surface area contributed by atoms with E-state index in [1.165, 1.54) is 12.1 Å². The van der Waals surface area contributed by atoms with Gasteiger partial charge in [-0.1, -0.05) is 29.3 Å². The highest BCUT2D eigenvalue weighted by Crippen LogP contribution is 2.65. The number of alkyl halides is 5. The number of nitrogens with one attached hydrogen (secondary N) is 1. The summed E-state index contributed by atoms with van der Waals surface area (Å²) in [7, 11) is 0. The van der Waals surface area contributed by atoms with Crippen molar-refractivity contribution < 1.29 is 40.7 Å². The minimum absolute atomic E-state index is 0.0419. The summed E-state index contributed by atoms with van der Waals surface area (Å²) in [6, 6.07) is 8.42. The van der Waals surface area contributed by atoms with Crippen molar-refractivity contribution in [2.45, 2.75) is 29.3 Å². The minimum Gasteiger partial charge on any atom is -0.326 e. The fourth-order valence-corrected chi connectivity index (χ4v) is 5.40. The van der Waals surface area contributed by atoms with E-state index in [2.05, 4.69) is 5.32 Å². The van der Waals surface area contributed by atoms with E-state index in [0.29, 0.717) is 11.6 Å². The third-order valence-corrected chi connectivity index (χ3v) is 8.09. The van der Waals surface area contributed by atoms with Gasteiger partial charge in [0.15, 0.2) is 5.78 Å². The number of ketones is 2. The summed E-state index contributed by atoms with van der Waals surface area (Å²) in [4.78, 5) is 37.0. The van der Waals surface area contributed by atoms with E-state index in [9.17, 15) is 40.7 Å². The number of carbonyl (C=O) groups is 3. The molecule has 0 aliphatic heterocycles. The van der Waals surface area contributed by atoms with Gasteiger partial charge >= 0.3 is 6.18 Å². The third-order valence-electron chi connectivity index (χ3n) is 6.41. The highest BCUT2D eigenvalue weighted by Gasteiger charge is 2.67. The maximum Gasteiger partial charge on any atom is 0.450 e. The first-order chi connectivity index (χ1) is 19.0. The largest absolute Gasteiger partial charge is 0.450 e. The average molecular weight is 657 g/mol. The molecule has 1 amide bonds. The summed E-state index contributed by atoms with van der Waals surface area (Å²) in [5, 5.41) is 2.98. The Hall–Kier alpha value is -2.79. The Morgan fingerprint density at radius 3 is 2.05 bits per heavy atom. The first kappa shape index (κ1) is 31.2. The molecule has 1 N–H and O–H groups in total. The quantitative estimate of drug-likeness (QED) is 0.152. The van der Waals surface area contributed by atoms with E-state index < -0.39 is 86.8 Å². The molecule has 4 rings (SSSR count). The van der Waals surface area contributed by atoms with Crippen molar-refractivity contribution >= 4 is 69.6 Å². The number of hydrogen-bond donors (Lipinski definition) is 1. The number of rotatable bonds is 8. The molecule has 0 spiro atoms. The summed E-state index contributed by atoms with van der Waals surface area (Å²) in [6.07, 6.45) is -7.55. The standard InChI is InChI=1S/C27H15Cl4F6NO3/c28-16-3-1-11(6-17(16)29)23-24(26(23,30)31)25(41)38-14-2-4-18(32)15(9-14)21(39)7-12-5-13(20(34)10-19(12)33)8-22(40)27(35,36)37/h1-6,9-10,23-24H,7-8H2,(H,38,41)/t23-,24+/m0/s1. The molecule has 0 aromatic heterocycles. The minimum atomic E-state index is -5.25. The van der Waals surface area contributed by atoms with Gasteiger partial charge < -0.3 is 5.32 Å². The first-order valence-corrected chi connectivity index (χ1v) is 13.0. The highest BCUT2D eigenvalue weighted by molar-refractivity contribution is 6.53. The van der Waals surface area contributed by atoms with Crippen LogP contribution in [0.2, 0.25) is 10.0 Å². The van der Waals surface area contributed by atoms with Crippen LogP contribution >= 0.6 is 46.4 Å². The van der Waals surface area contributed by atoms with Crippen LogP contribution in [0.1, 0.15) is 33.0 Å². The molecule has 3 aromatic rings. The molecule has 41 heavy (non-hydrogen) atoms. The average Bonchev–Trinajstić information content (AvgIpc) is 3.46. The monoisotopic (exact) mass is 655 g/mol. The van der Waals surface area contributed by atoms with Crippen molar-refractivity contribution in [2.75, 3.05) is 5.32 Å². The summed E-state index contributed by atoms with van der Waals surface area (Å²) >= 11 is 24.6. The zero-order chi connectivity index (χ0) is 30.4. The predicted octanol–water partition coefficient (Wildman–Crippen LogP) is 8.04. The van der Waals surface area contributed by atoms with Crippen LogP contribution in [0.4, 0.5) is 32.0 Å². The number of halogens is 10. The van der Waals surface area contributed by atoms with Gasteiger partial charge in [-0.05, 0) is 53.1 Å². The summed E-state index contributed by atoms with van der Waals surface area (Å²) in [5.41, 5.74) is -1.45. The van der Waals surface area contributed by atoms with Crippen molar-refractivity contribution in [1.29, 1.82) is 0 Å². The van der Waals surface area contributed by atoms with Gasteiger partial charge in [-0.3, -0.25) is 14.4 Å². The molecule has 0 radical (unpaired) electrons. The van der Waals surface area contributed by atoms with E-state index in [0.717, 1.165) is 18.2 Å². The number of hydrogen-bond acceptors (Lipinski definition) is 3. The van der Waals surface area contributed by atoms with Gasteiger partial charge in [-0.2, -0.15) is 13.2 Å². The van der Waals surface area contributed by atoms with Gasteiger partial charge in [0.25, 0.3) is 0 Å². The molecule has 0 bridgehead atoms. The maximum atomic E-state index is 14.5. The van der Waals surface area contributed by atoms with Crippen LogP contribution in [0, 0.1) is 23.4 Å². The number of benzene rings is 3. The lowest BCUT2D eigenvalue weighted by molar-refractivity contribution is -0.170. The second-order valence-corrected chi connectivity index (χ2v) is 11.5. The molecule has 14 heteroatoms. The molecule has 4 nitrogen and oxygen atoms in total. The number of carbonyl (C=O) groups excluding carboxylic acids is 3. The van der Waals surface area contributed by atoms with Gasteiger partial charge in [0.05, 0.1) is 21.5 Å². The molecule has 0 unspecified atom stereocenters. The van der Waals surface area contributed by atoms with Crippen LogP contribution in [-0.2, 0) is 22.4 Å². The summed E-state index contributed by atoms with van der Waals surface area (Å²) in [6.45, 7) is 0. The van der Waals surface area contributed by atoms with Gasteiger partial charge in [0.2, 0.25) is 11.7 Å². The molecule has 1 aliphatic rings. The topological polar surface area (TPSA) is 63.2 Å². The Morgan fingerprint density at radius 1 is 0.805 bits per heavy atom. The molecule has 0 heterocycles. The fraction of sp³-hybridized carbons (Fsp3) is 0.222. The zero-order valence-corrected chi connectivity index (χ0v) is 23.2. The SMILES string of the molecule is O=C(Cc1cc(CC(=O)C(F)(F)F)c(F)cc1F)c1cc(NC(=O)[C@H]2[C@H](c3ccc(Cl)c(Cl)c3)C2(Cl)Cl)ccc1F. The molecule has 216 valence electrons. The lowest BCUT2D eigenvalue weighted by atomic mass is 9.98. The Labute approximate surface area is 248 Å². The molecule has 2 atom stereocenters. The van der Waals surface area contributed by atoms with E-state index in [4.69, 9.17) is 46.4 Å². The summed E-state index contributed by atoms with van der Waals surface area (Å²) in [5.74, 6) is -9.36. The highest BCUT2D eigenvalue weighted by atomic mass is 35.5. The molecule has 1 fully saturated rings. The Bertz CT molecular complexity index is 1580. The molecular formula is C27H15Cl4F6NO3. The third kappa shape index (κ3) is 6.66. The maximum absolute atomic E-state index is 14.5. The zero-order valence-electron chi connectivity index (χ0n) is 20.2. The predicted molar refractivity (Wildman–Crippen MR) is 141 cm³/mol. The Balaban J connectivity index is 1.51. The van der Waals surface area contributed by atoms with E-state index in [-0.39, 0.29) is 21.8 Å². The molecule has 3 aromatic carbocycles. The van der Waals surface area contributed by atoms with Crippen molar-refractivity contribution in [3.63, 3.8) is 0 Å². The van der Waals surface area contributed by atoms with E-state index >= 15 is 0 Å². The van der Waals surface area contributed by atoms with Gasteiger partial charge in [-0.25, -0.2) is 13.2 Å². The normalized spacial score (nSPS) is 17.7. The van der Waals surface area contributed by atoms with Crippen molar-refractivity contribution in [2.24, 2.45) is 5.92 Å². The van der Waals surface area contributed by atoms with Crippen molar-refractivity contribution in [1.82, 2.24) is 0 Å². The fourth-order valence-electron chi connectivity index (χ4n) is 4.27. The number of anilines is 1. The van der Waals surface area contributed by atoms with Crippen LogP contribution < -0.4 is 5.32 Å².